The zero-order chi connectivity index (χ0) is 21.2. The minimum Gasteiger partial charge on any atom is -0.354 e. The number of likely N-dealkylation sites (tertiary alicyclic amines) is 1. The van der Waals surface area contributed by atoms with E-state index < -0.39 is 0 Å². The highest BCUT2D eigenvalue weighted by Gasteiger charge is 2.32. The zero-order valence-corrected chi connectivity index (χ0v) is 18.4. The van der Waals surface area contributed by atoms with Crippen LogP contribution in [0, 0.1) is 18.8 Å². The zero-order valence-electron chi connectivity index (χ0n) is 18.4. The monoisotopic (exact) mass is 398 g/mol. The van der Waals surface area contributed by atoms with E-state index in [2.05, 4.69) is 42.9 Å². The molecular formula is C23H34N4O2. The van der Waals surface area contributed by atoms with Crippen molar-refractivity contribution in [1.29, 1.82) is 0 Å². The summed E-state index contributed by atoms with van der Waals surface area (Å²) < 4.78 is 1.53. The average Bonchev–Trinajstić information content (AvgIpc) is 2.66. The number of benzene rings is 1. The van der Waals surface area contributed by atoms with Crippen LogP contribution in [0.3, 0.4) is 0 Å². The van der Waals surface area contributed by atoms with Crippen molar-refractivity contribution in [3.8, 4) is 0 Å². The summed E-state index contributed by atoms with van der Waals surface area (Å²) in [6.45, 7) is 14.0. The molecule has 2 atom stereocenters. The molecule has 2 unspecified atom stereocenters. The quantitative estimate of drug-likeness (QED) is 0.812. The maximum Gasteiger partial charge on any atom is 0.261 e. The van der Waals surface area contributed by atoms with E-state index >= 15 is 0 Å². The van der Waals surface area contributed by atoms with Gasteiger partial charge < -0.3 is 5.32 Å². The van der Waals surface area contributed by atoms with Crippen LogP contribution in [0.25, 0.3) is 10.9 Å². The minimum absolute atomic E-state index is 0.0348. The Balaban J connectivity index is 1.57. The summed E-state index contributed by atoms with van der Waals surface area (Å²) in [7, 11) is 0. The van der Waals surface area contributed by atoms with E-state index in [-0.39, 0.29) is 23.4 Å². The molecule has 1 N–H and O–H groups in total. The standard InChI is InChI=1S/C23H34N4O2/c1-16-11-17(2)13-27(12-16)23(4,5)14-24-20(28)9-10-26-15-25-21-18(3)7-6-8-19(21)22(26)29/h6-8,15-17H,9-14H2,1-5H3,(H,24,28). The van der Waals surface area contributed by atoms with Gasteiger partial charge in [-0.1, -0.05) is 26.0 Å². The molecule has 0 spiro atoms. The van der Waals surface area contributed by atoms with Gasteiger partial charge >= 0.3 is 0 Å². The SMILES string of the molecule is Cc1cccc2c(=O)n(CCC(=O)NCC(C)(C)N3CC(C)CC(C)C3)cnc12. The van der Waals surface area contributed by atoms with Crippen LogP contribution < -0.4 is 10.9 Å². The smallest absolute Gasteiger partial charge is 0.261 e. The number of aromatic nitrogens is 2. The maximum absolute atomic E-state index is 12.7. The number of piperidine rings is 1. The number of carbonyl (C=O) groups is 1. The minimum atomic E-state index is -0.0943. The second kappa shape index (κ2) is 8.66. The number of rotatable bonds is 6. The summed E-state index contributed by atoms with van der Waals surface area (Å²) in [6, 6.07) is 5.59. The molecular weight excluding hydrogens is 364 g/mol. The predicted molar refractivity (Wildman–Crippen MR) is 117 cm³/mol. The van der Waals surface area contributed by atoms with Crippen LogP contribution in [0.4, 0.5) is 0 Å². The fourth-order valence-electron chi connectivity index (χ4n) is 4.39. The lowest BCUT2D eigenvalue weighted by Crippen LogP contribution is -2.56. The topological polar surface area (TPSA) is 67.2 Å². The first kappa shape index (κ1) is 21.5. The largest absolute Gasteiger partial charge is 0.354 e. The van der Waals surface area contributed by atoms with E-state index in [4.69, 9.17) is 0 Å². The Bertz CT molecular complexity index is 924. The van der Waals surface area contributed by atoms with Crippen LogP contribution in [0.2, 0.25) is 0 Å². The molecule has 6 nitrogen and oxygen atoms in total. The fourth-order valence-corrected chi connectivity index (χ4v) is 4.39. The third kappa shape index (κ3) is 5.04. The van der Waals surface area contributed by atoms with Crippen molar-refractivity contribution in [2.24, 2.45) is 11.8 Å². The lowest BCUT2D eigenvalue weighted by atomic mass is 9.88. The number of fused-ring (bicyclic) bond motifs is 1. The van der Waals surface area contributed by atoms with Crippen molar-refractivity contribution >= 4 is 16.8 Å². The second-order valence-corrected chi connectivity index (χ2v) is 9.40. The Morgan fingerprint density at radius 3 is 2.62 bits per heavy atom. The van der Waals surface area contributed by atoms with Gasteiger partial charge in [0.1, 0.15) is 0 Å². The van der Waals surface area contributed by atoms with E-state index in [1.807, 2.05) is 19.1 Å². The summed E-state index contributed by atoms with van der Waals surface area (Å²) in [4.78, 5) is 32.0. The highest BCUT2D eigenvalue weighted by atomic mass is 16.2. The normalized spacial score (nSPS) is 20.7. The molecule has 3 rings (SSSR count). The highest BCUT2D eigenvalue weighted by Crippen LogP contribution is 2.26. The van der Waals surface area contributed by atoms with Crippen LogP contribution in [0.15, 0.2) is 29.3 Å². The predicted octanol–water partition coefficient (Wildman–Crippen LogP) is 2.97. The van der Waals surface area contributed by atoms with Crippen LogP contribution in [-0.2, 0) is 11.3 Å². The van der Waals surface area contributed by atoms with Crippen molar-refractivity contribution in [3.05, 3.63) is 40.4 Å². The van der Waals surface area contributed by atoms with E-state index in [9.17, 15) is 9.59 Å². The number of carbonyl (C=O) groups excluding carboxylic acids is 1. The molecule has 1 fully saturated rings. The second-order valence-electron chi connectivity index (χ2n) is 9.40. The molecule has 1 aromatic carbocycles. The Labute approximate surface area is 173 Å². The summed E-state index contributed by atoms with van der Waals surface area (Å²) in [5.74, 6) is 1.33. The van der Waals surface area contributed by atoms with Gasteiger partial charge in [-0.15, -0.1) is 0 Å². The molecule has 158 valence electrons. The van der Waals surface area contributed by atoms with E-state index in [1.165, 1.54) is 11.0 Å². The van der Waals surface area contributed by atoms with Crippen LogP contribution >= 0.6 is 0 Å². The molecule has 6 heteroatoms. The van der Waals surface area contributed by atoms with Gasteiger partial charge in [0, 0.05) is 38.1 Å². The van der Waals surface area contributed by atoms with Gasteiger partial charge in [0.05, 0.1) is 17.2 Å². The third-order valence-electron chi connectivity index (χ3n) is 6.08. The van der Waals surface area contributed by atoms with Gasteiger partial charge in [0.25, 0.3) is 5.56 Å². The Kier molecular flexibility index (Phi) is 6.42. The van der Waals surface area contributed by atoms with Crippen LogP contribution in [0.5, 0.6) is 0 Å². The molecule has 2 aromatic rings. The van der Waals surface area contributed by atoms with Gasteiger partial charge in [-0.05, 0) is 50.7 Å². The first-order valence-corrected chi connectivity index (χ1v) is 10.6. The van der Waals surface area contributed by atoms with Crippen LogP contribution in [-0.4, -0.2) is 45.5 Å². The van der Waals surface area contributed by atoms with Gasteiger partial charge in [0.15, 0.2) is 0 Å². The molecule has 2 heterocycles. The fraction of sp³-hybridized carbons (Fsp3) is 0.609. The first-order chi connectivity index (χ1) is 13.7. The van der Waals surface area contributed by atoms with Crippen molar-refractivity contribution in [2.45, 2.75) is 59.5 Å². The molecule has 1 saturated heterocycles. The number of amides is 1. The Morgan fingerprint density at radius 2 is 1.93 bits per heavy atom. The summed E-state index contributed by atoms with van der Waals surface area (Å²) in [5, 5.41) is 3.67. The highest BCUT2D eigenvalue weighted by molar-refractivity contribution is 5.80. The van der Waals surface area contributed by atoms with E-state index in [0.29, 0.717) is 30.3 Å². The van der Waals surface area contributed by atoms with Crippen molar-refractivity contribution in [3.63, 3.8) is 0 Å². The third-order valence-corrected chi connectivity index (χ3v) is 6.08. The Morgan fingerprint density at radius 1 is 1.24 bits per heavy atom. The first-order valence-electron chi connectivity index (χ1n) is 10.6. The van der Waals surface area contributed by atoms with Gasteiger partial charge in [-0.2, -0.15) is 0 Å². The van der Waals surface area contributed by atoms with Gasteiger partial charge in [-0.3, -0.25) is 19.1 Å². The van der Waals surface area contributed by atoms with Gasteiger partial charge in [-0.25, -0.2) is 4.98 Å². The Hall–Kier alpha value is -2.21. The van der Waals surface area contributed by atoms with E-state index in [1.54, 1.807) is 12.4 Å². The number of hydrogen-bond acceptors (Lipinski definition) is 4. The lowest BCUT2D eigenvalue weighted by Gasteiger charge is -2.45. The molecule has 1 amide bonds. The molecule has 0 radical (unpaired) electrons. The van der Waals surface area contributed by atoms with Crippen LogP contribution in [0.1, 0.15) is 46.1 Å². The number of nitrogens with one attached hydrogen (secondary N) is 1. The summed E-state index contributed by atoms with van der Waals surface area (Å²) >= 11 is 0. The number of nitrogens with zero attached hydrogens (tertiary/aromatic N) is 3. The van der Waals surface area contributed by atoms with Crippen molar-refractivity contribution in [1.82, 2.24) is 19.8 Å². The molecule has 29 heavy (non-hydrogen) atoms. The molecule has 0 bridgehead atoms. The average molecular weight is 399 g/mol. The number of para-hydroxylation sites is 1. The molecule has 1 aliphatic rings. The number of hydrogen-bond donors (Lipinski definition) is 1. The number of aryl methyl sites for hydroxylation is 2. The summed E-state index contributed by atoms with van der Waals surface area (Å²) in [5.41, 5.74) is 1.53. The molecule has 1 aliphatic heterocycles. The lowest BCUT2D eigenvalue weighted by molar-refractivity contribution is -0.122. The van der Waals surface area contributed by atoms with Crippen molar-refractivity contribution in [2.75, 3.05) is 19.6 Å². The van der Waals surface area contributed by atoms with E-state index in [0.717, 1.165) is 24.2 Å². The molecule has 0 saturated carbocycles. The maximum atomic E-state index is 12.7. The molecule has 0 aliphatic carbocycles. The van der Waals surface area contributed by atoms with Gasteiger partial charge in [0.2, 0.25) is 5.91 Å². The molecule has 1 aromatic heterocycles. The van der Waals surface area contributed by atoms with Crippen molar-refractivity contribution < 1.29 is 4.79 Å². The summed E-state index contributed by atoms with van der Waals surface area (Å²) in [6.07, 6.45) is 3.08.